The van der Waals surface area contributed by atoms with Crippen LogP contribution in [0.4, 0.5) is 5.69 Å². The molecule has 2 amide bonds. The summed E-state index contributed by atoms with van der Waals surface area (Å²) in [6, 6.07) is 12.5. The van der Waals surface area contributed by atoms with Crippen LogP contribution in [0.15, 0.2) is 59.0 Å². The number of anilines is 1. The van der Waals surface area contributed by atoms with Gasteiger partial charge in [-0.1, -0.05) is 18.2 Å². The van der Waals surface area contributed by atoms with Gasteiger partial charge in [-0.05, 0) is 64.2 Å². The molecule has 10 nitrogen and oxygen atoms in total. The van der Waals surface area contributed by atoms with Gasteiger partial charge in [0, 0.05) is 43.9 Å². The predicted molar refractivity (Wildman–Crippen MR) is 145 cm³/mol. The first-order valence-electron chi connectivity index (χ1n) is 13.0. The minimum atomic E-state index is -3.68. The molecule has 0 bridgehead atoms. The largest absolute Gasteiger partial charge is 0.507 e. The van der Waals surface area contributed by atoms with Gasteiger partial charge in [0.1, 0.15) is 5.76 Å². The highest BCUT2D eigenvalue weighted by molar-refractivity contribution is 7.89. The highest BCUT2D eigenvalue weighted by Gasteiger charge is 2.66. The number of carbonyl (C=O) groups excluding carboxylic acids is 3. The molecule has 39 heavy (non-hydrogen) atoms. The van der Waals surface area contributed by atoms with Crippen molar-refractivity contribution in [3.05, 3.63) is 65.2 Å². The van der Waals surface area contributed by atoms with Gasteiger partial charge in [0.15, 0.2) is 5.54 Å². The van der Waals surface area contributed by atoms with E-state index in [1.54, 1.807) is 31.2 Å². The van der Waals surface area contributed by atoms with Crippen LogP contribution in [0, 0.1) is 0 Å². The van der Waals surface area contributed by atoms with E-state index in [1.807, 2.05) is 19.0 Å². The van der Waals surface area contributed by atoms with Crippen LogP contribution in [0.2, 0.25) is 0 Å². The number of benzene rings is 2. The number of nitrogens with zero attached hydrogens (tertiary/aromatic N) is 4. The number of hydrogen-bond donors (Lipinski definition) is 1. The third kappa shape index (κ3) is 3.98. The second-order valence-corrected chi connectivity index (χ2v) is 12.2. The van der Waals surface area contributed by atoms with Crippen LogP contribution in [0.3, 0.4) is 0 Å². The van der Waals surface area contributed by atoms with Crippen molar-refractivity contribution in [2.75, 3.05) is 51.7 Å². The van der Waals surface area contributed by atoms with Crippen molar-refractivity contribution in [2.45, 2.75) is 30.2 Å². The summed E-state index contributed by atoms with van der Waals surface area (Å²) in [5, 5.41) is 11.6. The number of likely N-dealkylation sites (tertiary alicyclic amines) is 1. The summed E-state index contributed by atoms with van der Waals surface area (Å²) in [7, 11) is -0.0383. The zero-order valence-corrected chi connectivity index (χ0v) is 23.1. The molecular weight excluding hydrogens is 520 g/mol. The van der Waals surface area contributed by atoms with Gasteiger partial charge in [0.2, 0.25) is 10.0 Å². The molecule has 0 unspecified atom stereocenters. The van der Waals surface area contributed by atoms with E-state index in [4.69, 9.17) is 0 Å². The summed E-state index contributed by atoms with van der Waals surface area (Å²) in [5.74, 6) is -2.83. The number of Topliss-reactive ketones (excluding diaryl/α,β-unsaturated/α-hetero) is 1. The van der Waals surface area contributed by atoms with E-state index in [9.17, 15) is 27.9 Å². The summed E-state index contributed by atoms with van der Waals surface area (Å²) in [5.41, 5.74) is -0.985. The summed E-state index contributed by atoms with van der Waals surface area (Å²) in [4.78, 5) is 45.9. The van der Waals surface area contributed by atoms with Crippen LogP contribution < -0.4 is 4.90 Å². The molecule has 3 heterocycles. The smallest absolute Gasteiger partial charge is 0.296 e. The van der Waals surface area contributed by atoms with Crippen molar-refractivity contribution in [1.29, 1.82) is 0 Å². The molecule has 0 radical (unpaired) electrons. The fourth-order valence-corrected chi connectivity index (χ4v) is 7.30. The van der Waals surface area contributed by atoms with Crippen molar-refractivity contribution in [2.24, 2.45) is 0 Å². The van der Waals surface area contributed by atoms with Crippen molar-refractivity contribution in [3.63, 3.8) is 0 Å². The Bertz CT molecular complexity index is 1480. The highest BCUT2D eigenvalue weighted by Crippen LogP contribution is 2.53. The number of likely N-dealkylation sites (N-methyl/N-ethyl adjacent to an activating group) is 2. The Morgan fingerprint density at radius 2 is 1.64 bits per heavy atom. The summed E-state index contributed by atoms with van der Waals surface area (Å²) < 4.78 is 27.4. The van der Waals surface area contributed by atoms with Crippen molar-refractivity contribution >= 4 is 39.1 Å². The quantitative estimate of drug-likeness (QED) is 0.317. The van der Waals surface area contributed by atoms with Gasteiger partial charge >= 0.3 is 0 Å². The van der Waals surface area contributed by atoms with Gasteiger partial charge < -0.3 is 19.8 Å². The molecular formula is C28H32N4O6S. The molecule has 5 rings (SSSR count). The van der Waals surface area contributed by atoms with E-state index < -0.39 is 38.9 Å². The number of carbonyl (C=O) groups is 3. The number of rotatable bonds is 7. The molecule has 0 saturated carbocycles. The standard InChI is InChI=1S/C28H32N4O6S/c1-4-31-22-10-6-5-9-21(22)28(27(31)36)23(25(34)26(35)32(28)18-17-29(2)3)24(33)19-11-13-20(14-12-19)39(37,38)30-15-7-8-16-30/h5-6,9-14,33H,4,7-8,15-18H2,1-3H3/t28-/m1/s1. The number of amides is 2. The maximum absolute atomic E-state index is 14.2. The summed E-state index contributed by atoms with van der Waals surface area (Å²) >= 11 is 0. The number of aliphatic hydroxyl groups is 1. The molecule has 1 N–H and O–H groups in total. The van der Waals surface area contributed by atoms with Crippen LogP contribution in [0.25, 0.3) is 5.76 Å². The monoisotopic (exact) mass is 552 g/mol. The van der Waals surface area contributed by atoms with Gasteiger partial charge in [-0.25, -0.2) is 8.42 Å². The van der Waals surface area contributed by atoms with Crippen LogP contribution in [0.5, 0.6) is 0 Å². The van der Waals surface area contributed by atoms with E-state index in [2.05, 4.69) is 0 Å². The summed E-state index contributed by atoms with van der Waals surface area (Å²) in [6.07, 6.45) is 1.61. The van der Waals surface area contributed by atoms with Crippen LogP contribution in [0.1, 0.15) is 30.9 Å². The lowest BCUT2D eigenvalue weighted by Crippen LogP contribution is -2.53. The summed E-state index contributed by atoms with van der Waals surface area (Å²) in [6.45, 7) is 3.49. The SMILES string of the molecule is CCN1C(=O)[C@]2(C(=C(O)c3ccc(S(=O)(=O)N4CCCC4)cc3)C(=O)C(=O)N2CCN(C)C)c2ccccc21. The Labute approximate surface area is 228 Å². The Balaban J connectivity index is 1.68. The van der Waals surface area contributed by atoms with Crippen molar-refractivity contribution < 1.29 is 27.9 Å². The molecule has 0 aromatic heterocycles. The first kappa shape index (κ1) is 27.0. The predicted octanol–water partition coefficient (Wildman–Crippen LogP) is 1.98. The van der Waals surface area contributed by atoms with E-state index in [0.29, 0.717) is 37.4 Å². The number of aliphatic hydroxyl groups excluding tert-OH is 1. The second kappa shape index (κ2) is 9.89. The van der Waals surface area contributed by atoms with E-state index in [1.165, 1.54) is 38.4 Å². The topological polar surface area (TPSA) is 119 Å². The molecule has 3 aliphatic heterocycles. The first-order valence-corrected chi connectivity index (χ1v) is 14.5. The molecule has 2 aromatic rings. The zero-order chi connectivity index (χ0) is 28.1. The Morgan fingerprint density at radius 3 is 2.26 bits per heavy atom. The van der Waals surface area contributed by atoms with Crippen molar-refractivity contribution in [3.8, 4) is 0 Å². The molecule has 206 valence electrons. The van der Waals surface area contributed by atoms with E-state index >= 15 is 0 Å². The molecule has 11 heteroatoms. The molecule has 2 aromatic carbocycles. The second-order valence-electron chi connectivity index (χ2n) is 10.2. The average molecular weight is 553 g/mol. The molecule has 3 aliphatic rings. The van der Waals surface area contributed by atoms with Crippen LogP contribution in [-0.2, 0) is 29.9 Å². The number of para-hydroxylation sites is 1. The lowest BCUT2D eigenvalue weighted by atomic mass is 9.82. The van der Waals surface area contributed by atoms with Gasteiger partial charge in [-0.3, -0.25) is 14.4 Å². The average Bonchev–Trinajstić information content (AvgIpc) is 3.60. The van der Waals surface area contributed by atoms with E-state index in [-0.39, 0.29) is 22.6 Å². The molecule has 0 aliphatic carbocycles. The normalized spacial score (nSPS) is 23.0. The lowest BCUT2D eigenvalue weighted by Gasteiger charge is -2.35. The number of fused-ring (bicyclic) bond motifs is 2. The third-order valence-electron chi connectivity index (χ3n) is 7.73. The van der Waals surface area contributed by atoms with Crippen molar-refractivity contribution in [1.82, 2.24) is 14.1 Å². The number of ketones is 1. The molecule has 1 atom stereocenters. The molecule has 2 saturated heterocycles. The molecule has 2 fully saturated rings. The minimum absolute atomic E-state index is 0.0709. The highest BCUT2D eigenvalue weighted by atomic mass is 32.2. The number of sulfonamides is 1. The first-order chi connectivity index (χ1) is 18.6. The van der Waals surface area contributed by atoms with Gasteiger partial charge in [0.25, 0.3) is 17.6 Å². The zero-order valence-electron chi connectivity index (χ0n) is 22.3. The lowest BCUT2D eigenvalue weighted by molar-refractivity contribution is -0.143. The third-order valence-corrected chi connectivity index (χ3v) is 9.64. The Kier molecular flexibility index (Phi) is 6.86. The fourth-order valence-electron chi connectivity index (χ4n) is 5.79. The van der Waals surface area contributed by atoms with Gasteiger partial charge in [0.05, 0.1) is 16.2 Å². The fraction of sp³-hybridized carbons (Fsp3) is 0.393. The van der Waals surface area contributed by atoms with Gasteiger partial charge in [-0.15, -0.1) is 0 Å². The molecule has 1 spiro atoms. The Morgan fingerprint density at radius 1 is 1.00 bits per heavy atom. The van der Waals surface area contributed by atoms with Crippen LogP contribution >= 0.6 is 0 Å². The Hall–Kier alpha value is -3.54. The van der Waals surface area contributed by atoms with Crippen LogP contribution in [-0.4, -0.2) is 92.0 Å². The maximum atomic E-state index is 14.2. The maximum Gasteiger partial charge on any atom is 0.296 e. The van der Waals surface area contributed by atoms with Gasteiger partial charge in [-0.2, -0.15) is 4.31 Å². The minimum Gasteiger partial charge on any atom is -0.507 e. The van der Waals surface area contributed by atoms with E-state index in [0.717, 1.165) is 12.8 Å². The number of hydrogen-bond acceptors (Lipinski definition) is 7.